The third-order valence-electron chi connectivity index (χ3n) is 2.23. The van der Waals surface area contributed by atoms with Crippen molar-refractivity contribution in [2.75, 3.05) is 18.0 Å². The molecular weight excluding hydrogens is 235 g/mol. The molecule has 0 saturated heterocycles. The largest absolute Gasteiger partial charge is 0.710 e. The Bertz CT molecular complexity index is 327. The lowest BCUT2D eigenvalue weighted by atomic mass is 10.3. The lowest BCUT2D eigenvalue weighted by molar-refractivity contribution is -0.599. The van der Waals surface area contributed by atoms with Crippen LogP contribution in [0.3, 0.4) is 0 Å². The summed E-state index contributed by atoms with van der Waals surface area (Å²) in [6.45, 7) is 7.39. The number of pyridine rings is 1. The molecule has 0 atom stereocenters. The Morgan fingerprint density at radius 1 is 1.33 bits per heavy atom. The van der Waals surface area contributed by atoms with Gasteiger partial charge >= 0.3 is 0 Å². The molecule has 0 saturated carbocycles. The van der Waals surface area contributed by atoms with Gasteiger partial charge in [-0.25, -0.2) is 4.73 Å². The predicted molar refractivity (Wildman–Crippen MR) is 66.0 cm³/mol. The van der Waals surface area contributed by atoms with Gasteiger partial charge in [0.15, 0.2) is 0 Å². The summed E-state index contributed by atoms with van der Waals surface area (Å²) in [5.74, 6) is 0.625. The van der Waals surface area contributed by atoms with E-state index in [1.165, 1.54) is 0 Å². The van der Waals surface area contributed by atoms with E-state index in [1.807, 2.05) is 18.7 Å². The van der Waals surface area contributed by atoms with Crippen LogP contribution in [-0.2, 0) is 0 Å². The van der Waals surface area contributed by atoms with E-state index in [9.17, 15) is 5.21 Å². The molecule has 1 aromatic rings. The summed E-state index contributed by atoms with van der Waals surface area (Å²) in [7, 11) is 0. The van der Waals surface area contributed by atoms with Crippen LogP contribution in [0.15, 0.2) is 12.1 Å². The Kier molecular flexibility index (Phi) is 5.76. The molecule has 15 heavy (non-hydrogen) atoms. The number of rotatable bonds is 3. The maximum Gasteiger partial charge on any atom is 0.281 e. The number of halogens is 2. The highest BCUT2D eigenvalue weighted by Crippen LogP contribution is 2.16. The lowest BCUT2D eigenvalue weighted by Crippen LogP contribution is -2.40. The maximum absolute atomic E-state index is 11.7. The van der Waals surface area contributed by atoms with Crippen LogP contribution in [-0.4, -0.2) is 13.1 Å². The topological polar surface area (TPSA) is 30.2 Å². The minimum atomic E-state index is 0. The summed E-state index contributed by atoms with van der Waals surface area (Å²) < 4.78 is 0.916. The molecule has 0 unspecified atom stereocenters. The van der Waals surface area contributed by atoms with Crippen LogP contribution in [0.25, 0.3) is 0 Å². The van der Waals surface area contributed by atoms with E-state index in [-0.39, 0.29) is 12.4 Å². The molecule has 3 nitrogen and oxygen atoms in total. The minimum absolute atomic E-state index is 0. The Morgan fingerprint density at radius 3 is 2.33 bits per heavy atom. The van der Waals surface area contributed by atoms with Gasteiger partial charge in [0.25, 0.3) is 5.82 Å². The van der Waals surface area contributed by atoms with Gasteiger partial charge in [-0.15, -0.1) is 12.4 Å². The molecular formula is C10H16Cl2N2O. The molecule has 1 aromatic heterocycles. The second kappa shape index (κ2) is 6.03. The summed E-state index contributed by atoms with van der Waals surface area (Å²) in [6, 6.07) is 3.37. The first-order chi connectivity index (χ1) is 6.60. The first kappa shape index (κ1) is 14.3. The summed E-state index contributed by atoms with van der Waals surface area (Å²) in [4.78, 5) is 1.98. The van der Waals surface area contributed by atoms with Crippen molar-refractivity contribution in [3.8, 4) is 0 Å². The Morgan fingerprint density at radius 2 is 1.87 bits per heavy atom. The van der Waals surface area contributed by atoms with Crippen molar-refractivity contribution >= 4 is 29.8 Å². The van der Waals surface area contributed by atoms with E-state index < -0.39 is 0 Å². The van der Waals surface area contributed by atoms with E-state index in [0.717, 1.165) is 17.8 Å². The molecule has 0 aliphatic heterocycles. The van der Waals surface area contributed by atoms with Crippen molar-refractivity contribution < 1.29 is 4.73 Å². The molecule has 86 valence electrons. The average molecular weight is 251 g/mol. The van der Waals surface area contributed by atoms with Crippen LogP contribution in [0.2, 0.25) is 5.02 Å². The highest BCUT2D eigenvalue weighted by molar-refractivity contribution is 6.30. The normalized spacial score (nSPS) is 9.60. The van der Waals surface area contributed by atoms with Gasteiger partial charge in [0, 0.05) is 6.07 Å². The molecule has 0 aliphatic carbocycles. The monoisotopic (exact) mass is 250 g/mol. The molecule has 1 heterocycles. The molecule has 0 amide bonds. The van der Waals surface area contributed by atoms with E-state index in [0.29, 0.717) is 16.5 Å². The highest BCUT2D eigenvalue weighted by Gasteiger charge is 2.14. The zero-order valence-electron chi connectivity index (χ0n) is 9.16. The van der Waals surface area contributed by atoms with Crippen molar-refractivity contribution in [3.05, 3.63) is 28.1 Å². The average Bonchev–Trinajstić information content (AvgIpc) is 2.15. The third-order valence-corrected chi connectivity index (χ3v) is 2.45. The van der Waals surface area contributed by atoms with Crippen molar-refractivity contribution in [2.45, 2.75) is 20.8 Å². The highest BCUT2D eigenvalue weighted by atomic mass is 35.5. The minimum Gasteiger partial charge on any atom is -0.710 e. The standard InChI is InChI=1S/C10H15ClN2O.ClH/c1-4-12(5-2)10-7-9(11)6-8(3)13(10)14;/h6-7H,4-5H2,1-3H3;1H. The van der Waals surface area contributed by atoms with Crippen molar-refractivity contribution in [2.24, 2.45) is 0 Å². The fourth-order valence-corrected chi connectivity index (χ4v) is 1.69. The number of hydrogen-bond acceptors (Lipinski definition) is 2. The van der Waals surface area contributed by atoms with Gasteiger partial charge in [0.05, 0.1) is 18.1 Å². The predicted octanol–water partition coefficient (Wildman–Crippen LogP) is 2.55. The molecule has 0 aromatic carbocycles. The van der Waals surface area contributed by atoms with Crippen LogP contribution in [0.4, 0.5) is 5.82 Å². The molecule has 0 spiro atoms. The second-order valence-electron chi connectivity index (χ2n) is 3.14. The van der Waals surface area contributed by atoms with Gasteiger partial charge in [-0.05, 0) is 26.8 Å². The van der Waals surface area contributed by atoms with E-state index in [2.05, 4.69) is 0 Å². The number of aryl methyl sites for hydroxylation is 1. The van der Waals surface area contributed by atoms with Crippen molar-refractivity contribution in [1.82, 2.24) is 0 Å². The summed E-state index contributed by atoms with van der Waals surface area (Å²) in [5, 5.41) is 12.3. The second-order valence-corrected chi connectivity index (χ2v) is 3.58. The van der Waals surface area contributed by atoms with Gasteiger partial charge in [-0.1, -0.05) is 11.6 Å². The molecule has 0 aliphatic rings. The lowest BCUT2D eigenvalue weighted by Gasteiger charge is -2.19. The van der Waals surface area contributed by atoms with E-state index in [4.69, 9.17) is 11.6 Å². The third kappa shape index (κ3) is 3.14. The van der Waals surface area contributed by atoms with Crippen molar-refractivity contribution in [1.29, 1.82) is 0 Å². The molecule has 0 N–H and O–H groups in total. The fraction of sp³-hybridized carbons (Fsp3) is 0.500. The number of nitrogens with zero attached hydrogens (tertiary/aromatic N) is 2. The Balaban J connectivity index is 0.00000196. The van der Waals surface area contributed by atoms with Crippen molar-refractivity contribution in [3.63, 3.8) is 0 Å². The molecule has 0 fully saturated rings. The van der Waals surface area contributed by atoms with Crippen LogP contribution in [0.5, 0.6) is 0 Å². The zero-order chi connectivity index (χ0) is 10.7. The van der Waals surface area contributed by atoms with Crippen LogP contribution in [0.1, 0.15) is 19.5 Å². The molecule has 1 rings (SSSR count). The quantitative estimate of drug-likeness (QED) is 0.610. The molecule has 5 heteroatoms. The zero-order valence-corrected chi connectivity index (χ0v) is 10.7. The van der Waals surface area contributed by atoms with Gasteiger partial charge in [-0.2, -0.15) is 0 Å². The molecule has 0 bridgehead atoms. The van der Waals surface area contributed by atoms with Crippen LogP contribution in [0, 0.1) is 12.1 Å². The number of anilines is 1. The summed E-state index contributed by atoms with van der Waals surface area (Å²) in [6.07, 6.45) is 0. The van der Waals surface area contributed by atoms with Crippen LogP contribution >= 0.6 is 24.0 Å². The Labute approximate surface area is 102 Å². The van der Waals surface area contributed by atoms with Gasteiger partial charge in [-0.3, -0.25) is 4.90 Å². The Hall–Kier alpha value is -0.670. The van der Waals surface area contributed by atoms with Gasteiger partial charge < -0.3 is 5.21 Å². The fourth-order valence-electron chi connectivity index (χ4n) is 1.43. The first-order valence-corrected chi connectivity index (χ1v) is 5.12. The number of hydrogen-bond donors (Lipinski definition) is 0. The smallest absolute Gasteiger partial charge is 0.281 e. The summed E-state index contributed by atoms with van der Waals surface area (Å²) in [5.41, 5.74) is 0.624. The van der Waals surface area contributed by atoms with E-state index >= 15 is 0 Å². The SMILES string of the molecule is CCN(CC)c1cc(Cl)cc(C)[n+]1[O-].Cl. The molecule has 0 radical (unpaired) electrons. The summed E-state index contributed by atoms with van der Waals surface area (Å²) >= 11 is 5.90. The number of aromatic nitrogens is 1. The van der Waals surface area contributed by atoms with Crippen LogP contribution < -0.4 is 9.63 Å². The maximum atomic E-state index is 11.7. The van der Waals surface area contributed by atoms with Gasteiger partial charge in [0.1, 0.15) is 5.69 Å². The van der Waals surface area contributed by atoms with E-state index in [1.54, 1.807) is 19.1 Å². The van der Waals surface area contributed by atoms with Gasteiger partial charge in [0.2, 0.25) is 0 Å². The first-order valence-electron chi connectivity index (χ1n) is 4.74.